The average Bonchev–Trinajstić information content (AvgIpc) is 3.18. The molecule has 0 heterocycles. The molecule has 2 aromatic rings. The van der Waals surface area contributed by atoms with Crippen LogP contribution in [0.2, 0.25) is 0 Å². The van der Waals surface area contributed by atoms with Crippen LogP contribution in [0.5, 0.6) is 0 Å². The summed E-state index contributed by atoms with van der Waals surface area (Å²) in [4.78, 5) is 0. The molecule has 0 atom stereocenters. The van der Waals surface area contributed by atoms with Gasteiger partial charge in [-0.05, 0) is 82.6 Å². The van der Waals surface area contributed by atoms with Gasteiger partial charge in [-0.1, -0.05) is 75.0 Å². The van der Waals surface area contributed by atoms with Gasteiger partial charge in [0.15, 0.2) is 0 Å². The lowest BCUT2D eigenvalue weighted by atomic mass is 9.66. The molecule has 26 heavy (non-hydrogen) atoms. The minimum Gasteiger partial charge on any atom is -0.0952 e. The second kappa shape index (κ2) is 6.76. The third-order valence-corrected chi connectivity index (χ3v) is 6.53. The van der Waals surface area contributed by atoms with E-state index in [-0.39, 0.29) is 0 Å². The maximum Gasteiger partial charge on any atom is -0.00139 e. The first-order chi connectivity index (χ1) is 12.6. The van der Waals surface area contributed by atoms with Crippen molar-refractivity contribution in [1.82, 2.24) is 0 Å². The minimum atomic E-state index is 0.417. The van der Waals surface area contributed by atoms with Gasteiger partial charge in [-0.2, -0.15) is 0 Å². The zero-order valence-electron chi connectivity index (χ0n) is 16.0. The summed E-state index contributed by atoms with van der Waals surface area (Å²) in [5.74, 6) is 0. The second-order valence-corrected chi connectivity index (χ2v) is 7.96. The maximum atomic E-state index is 4.44. The molecule has 2 aliphatic rings. The van der Waals surface area contributed by atoms with E-state index in [1.165, 1.54) is 58.2 Å². The highest BCUT2D eigenvalue weighted by Gasteiger charge is 2.33. The highest BCUT2D eigenvalue weighted by atomic mass is 14.4. The molecule has 0 fully saturated rings. The lowest BCUT2D eigenvalue weighted by Gasteiger charge is -2.38. The molecule has 0 unspecified atom stereocenters. The van der Waals surface area contributed by atoms with Crippen LogP contribution in [0.1, 0.15) is 61.8 Å². The number of hydrogen-bond donors (Lipinski definition) is 0. The summed E-state index contributed by atoms with van der Waals surface area (Å²) >= 11 is 0. The Hall–Kier alpha value is -2.34. The molecule has 0 N–H and O–H groups in total. The van der Waals surface area contributed by atoms with Crippen LogP contribution in [-0.4, -0.2) is 0 Å². The molecule has 0 spiro atoms. The van der Waals surface area contributed by atoms with Crippen LogP contribution >= 0.6 is 0 Å². The Morgan fingerprint density at radius 1 is 0.846 bits per heavy atom. The summed E-state index contributed by atoms with van der Waals surface area (Å²) in [5.41, 5.74) is 10.1. The highest BCUT2D eigenvalue weighted by molar-refractivity contribution is 5.87. The number of benzene rings is 2. The molecule has 2 aromatic carbocycles. The van der Waals surface area contributed by atoms with E-state index in [0.717, 1.165) is 12.8 Å². The molecule has 132 valence electrons. The predicted molar refractivity (Wildman–Crippen MR) is 114 cm³/mol. The zero-order chi connectivity index (χ0) is 18.1. The van der Waals surface area contributed by atoms with Gasteiger partial charge in [-0.15, -0.1) is 0 Å². The lowest BCUT2D eigenvalue weighted by molar-refractivity contribution is 0.261. The average molecular weight is 341 g/mol. The van der Waals surface area contributed by atoms with E-state index in [2.05, 4.69) is 81.1 Å². The van der Waals surface area contributed by atoms with Crippen molar-refractivity contribution < 1.29 is 0 Å². The zero-order valence-corrected chi connectivity index (χ0v) is 16.0. The van der Waals surface area contributed by atoms with Crippen molar-refractivity contribution in [1.29, 1.82) is 0 Å². The summed E-state index contributed by atoms with van der Waals surface area (Å²) in [6.45, 7) is 9.10. The molecular formula is C26H28. The summed E-state index contributed by atoms with van der Waals surface area (Å²) in [6.07, 6.45) is 10.4. The van der Waals surface area contributed by atoms with Crippen LogP contribution in [-0.2, 0) is 6.42 Å². The van der Waals surface area contributed by atoms with Crippen LogP contribution < -0.4 is 0 Å². The quantitative estimate of drug-likeness (QED) is 0.547. The van der Waals surface area contributed by atoms with E-state index in [1.807, 2.05) is 0 Å². The third kappa shape index (κ3) is 2.98. The Balaban J connectivity index is 1.58. The van der Waals surface area contributed by atoms with Crippen molar-refractivity contribution in [2.24, 2.45) is 5.41 Å². The largest absolute Gasteiger partial charge is 0.0952 e. The SMILES string of the molecule is C=C1CC(CC)(CC)Cc2ccc(C3=CC=C(c4ccccc4)C3)cc21. The number of hydrogen-bond acceptors (Lipinski definition) is 0. The first-order valence-corrected chi connectivity index (χ1v) is 9.91. The van der Waals surface area contributed by atoms with Gasteiger partial charge in [0, 0.05) is 0 Å². The Bertz CT molecular complexity index is 889. The summed E-state index contributed by atoms with van der Waals surface area (Å²) in [7, 11) is 0. The van der Waals surface area contributed by atoms with Crippen molar-refractivity contribution in [2.75, 3.05) is 0 Å². The van der Waals surface area contributed by atoms with Gasteiger partial charge in [-0.3, -0.25) is 0 Å². The van der Waals surface area contributed by atoms with Gasteiger partial charge >= 0.3 is 0 Å². The van der Waals surface area contributed by atoms with Gasteiger partial charge < -0.3 is 0 Å². The van der Waals surface area contributed by atoms with Crippen molar-refractivity contribution in [3.05, 3.63) is 89.5 Å². The van der Waals surface area contributed by atoms with Gasteiger partial charge in [0.25, 0.3) is 0 Å². The second-order valence-electron chi connectivity index (χ2n) is 7.96. The third-order valence-electron chi connectivity index (χ3n) is 6.53. The Morgan fingerprint density at radius 2 is 1.54 bits per heavy atom. The van der Waals surface area contributed by atoms with E-state index in [1.54, 1.807) is 0 Å². The van der Waals surface area contributed by atoms with Gasteiger partial charge in [0.05, 0.1) is 0 Å². The van der Waals surface area contributed by atoms with Crippen LogP contribution in [0, 0.1) is 5.41 Å². The standard InChI is InChI=1S/C26H28/c1-4-26(5-2)17-19(3)25-16-23(13-14-24(25)18-26)22-12-11-21(15-22)20-9-7-6-8-10-20/h6-14,16H,3-5,15,17-18H2,1-2H3. The molecule has 0 aliphatic heterocycles. The van der Waals surface area contributed by atoms with Crippen LogP contribution in [0.4, 0.5) is 0 Å². The lowest BCUT2D eigenvalue weighted by Crippen LogP contribution is -2.26. The Morgan fingerprint density at radius 3 is 2.23 bits per heavy atom. The van der Waals surface area contributed by atoms with E-state index in [0.29, 0.717) is 5.41 Å². The van der Waals surface area contributed by atoms with Crippen molar-refractivity contribution >= 4 is 16.7 Å². The van der Waals surface area contributed by atoms with E-state index >= 15 is 0 Å². The maximum absolute atomic E-state index is 4.44. The molecule has 0 saturated carbocycles. The monoisotopic (exact) mass is 340 g/mol. The van der Waals surface area contributed by atoms with Gasteiger partial charge in [0.2, 0.25) is 0 Å². The molecule has 2 aliphatic carbocycles. The molecule has 0 saturated heterocycles. The van der Waals surface area contributed by atoms with E-state index in [4.69, 9.17) is 0 Å². The summed E-state index contributed by atoms with van der Waals surface area (Å²) in [5, 5.41) is 0. The Labute approximate surface area is 158 Å². The van der Waals surface area contributed by atoms with Crippen LogP contribution in [0.15, 0.2) is 67.3 Å². The Kier molecular flexibility index (Phi) is 4.44. The number of rotatable bonds is 4. The predicted octanol–water partition coefficient (Wildman–Crippen LogP) is 7.32. The minimum absolute atomic E-state index is 0.417. The first kappa shape index (κ1) is 17.1. The smallest absolute Gasteiger partial charge is 0.00139 e. The molecular weight excluding hydrogens is 312 g/mol. The van der Waals surface area contributed by atoms with E-state index in [9.17, 15) is 0 Å². The highest BCUT2D eigenvalue weighted by Crippen LogP contribution is 2.46. The molecule has 0 radical (unpaired) electrons. The topological polar surface area (TPSA) is 0 Å². The molecule has 0 nitrogen and oxygen atoms in total. The molecule has 0 bridgehead atoms. The number of fused-ring (bicyclic) bond motifs is 1. The van der Waals surface area contributed by atoms with Crippen molar-refractivity contribution in [3.63, 3.8) is 0 Å². The fourth-order valence-electron chi connectivity index (χ4n) is 4.60. The molecule has 0 heteroatoms. The van der Waals surface area contributed by atoms with Crippen LogP contribution in [0.3, 0.4) is 0 Å². The molecule has 0 amide bonds. The van der Waals surface area contributed by atoms with Crippen molar-refractivity contribution in [2.45, 2.75) is 46.0 Å². The summed E-state index contributed by atoms with van der Waals surface area (Å²) < 4.78 is 0. The fraction of sp³-hybridized carbons (Fsp3) is 0.308. The van der Waals surface area contributed by atoms with Gasteiger partial charge in [-0.25, -0.2) is 0 Å². The fourth-order valence-corrected chi connectivity index (χ4v) is 4.60. The molecule has 4 rings (SSSR count). The normalized spacial score (nSPS) is 18.3. The van der Waals surface area contributed by atoms with Gasteiger partial charge in [0.1, 0.15) is 0 Å². The van der Waals surface area contributed by atoms with Crippen molar-refractivity contribution in [3.8, 4) is 0 Å². The van der Waals surface area contributed by atoms with Crippen LogP contribution in [0.25, 0.3) is 16.7 Å². The van der Waals surface area contributed by atoms with E-state index < -0.39 is 0 Å². The molecule has 0 aromatic heterocycles. The number of allylic oxidation sites excluding steroid dienone is 5. The first-order valence-electron chi connectivity index (χ1n) is 9.91. The summed E-state index contributed by atoms with van der Waals surface area (Å²) in [6, 6.07) is 17.8.